The Labute approximate surface area is 286 Å². The van der Waals surface area contributed by atoms with E-state index in [2.05, 4.69) is 20.6 Å². The third-order valence-electron chi connectivity index (χ3n) is 8.22. The second-order valence-electron chi connectivity index (χ2n) is 11.3. The predicted molar refractivity (Wildman–Crippen MR) is 185 cm³/mol. The van der Waals surface area contributed by atoms with Crippen LogP contribution in [0.2, 0.25) is 0 Å². The molecule has 2 aromatic heterocycles. The highest BCUT2D eigenvalue weighted by atomic mass is 31.2. The summed E-state index contributed by atoms with van der Waals surface area (Å²) in [7, 11) is -6.88. The number of methoxy groups -OCH3 is 1. The first kappa shape index (κ1) is 39.0. The highest BCUT2D eigenvalue weighted by Crippen LogP contribution is 2.58. The average Bonchev–Trinajstić information content (AvgIpc) is 3.04. The van der Waals surface area contributed by atoms with Gasteiger partial charge >= 0.3 is 21.4 Å². The monoisotopic (exact) mass is 741 g/mol. The van der Waals surface area contributed by atoms with Crippen LogP contribution in [0.1, 0.15) is 57.2 Å². The fourth-order valence-electron chi connectivity index (χ4n) is 5.77. The molecule has 0 saturated carbocycles. The maximum Gasteiger partial charge on any atom is 0.421 e. The maximum absolute atomic E-state index is 14.3. The molecule has 0 unspecified atom stereocenters. The van der Waals surface area contributed by atoms with Gasteiger partial charge in [-0.1, -0.05) is 26.0 Å². The minimum absolute atomic E-state index is 0.00476. The molecular weight excluding hydrogens is 701 g/mol. The van der Waals surface area contributed by atoms with Crippen molar-refractivity contribution >= 4 is 49.2 Å². The molecule has 4 aromatic rings. The minimum atomic E-state index is -4.91. The summed E-state index contributed by atoms with van der Waals surface area (Å²) in [4.78, 5) is 42.4. The fourth-order valence-corrected chi connectivity index (χ4v) is 8.72. The van der Waals surface area contributed by atoms with Gasteiger partial charge in [0.15, 0.2) is 5.43 Å². The lowest BCUT2D eigenvalue weighted by molar-refractivity contribution is -0.137. The van der Waals surface area contributed by atoms with Crippen molar-refractivity contribution in [3.05, 3.63) is 75.7 Å². The molecule has 0 bridgehead atoms. The molecule has 272 valence electrons. The second kappa shape index (κ2) is 15.2. The number of aryl methyl sites for hydroxylation is 1. The standard InChI is InChI=1S/C32H40F3N5O8P2/c1-7-31(8-2,50(43,44)45)40-18-20(5)28(41)27-24(12-11-13-25(27)40)37-29-22(32(33,34)35)17-36-30(39-29)38-23-15-14-21(16-26(23)46-6)19-49(42,47-9-3)48-10-4/h11-18H,7-10,19H2,1-6H3,(H2,43,44,45)(H2,36,37,38,39). The van der Waals surface area contributed by atoms with Gasteiger partial charge in [-0.15, -0.1) is 0 Å². The number of fused-ring (bicyclic) bond motifs is 1. The first-order valence-electron chi connectivity index (χ1n) is 15.7. The van der Waals surface area contributed by atoms with Gasteiger partial charge in [-0.2, -0.15) is 18.2 Å². The summed E-state index contributed by atoms with van der Waals surface area (Å²) in [5.74, 6) is -0.704. The summed E-state index contributed by atoms with van der Waals surface area (Å²) in [6.45, 7) is 8.42. The molecule has 0 aliphatic heterocycles. The molecule has 0 spiro atoms. The Morgan fingerprint density at radius 2 is 1.62 bits per heavy atom. The Morgan fingerprint density at radius 1 is 0.960 bits per heavy atom. The number of alkyl halides is 3. The summed E-state index contributed by atoms with van der Waals surface area (Å²) in [5, 5.41) is 3.70. The van der Waals surface area contributed by atoms with E-state index in [9.17, 15) is 36.9 Å². The molecule has 13 nitrogen and oxygen atoms in total. The van der Waals surface area contributed by atoms with Crippen LogP contribution >= 0.6 is 15.2 Å². The third-order valence-corrected chi connectivity index (χ3v) is 12.2. The molecule has 50 heavy (non-hydrogen) atoms. The van der Waals surface area contributed by atoms with Crippen molar-refractivity contribution in [2.75, 3.05) is 31.0 Å². The topological polar surface area (TPSA) is 174 Å². The Kier molecular flexibility index (Phi) is 11.9. The fraction of sp³-hybridized carbons (Fsp3) is 0.406. The van der Waals surface area contributed by atoms with E-state index in [1.54, 1.807) is 45.9 Å². The maximum atomic E-state index is 14.3. The van der Waals surface area contributed by atoms with Crippen molar-refractivity contribution in [2.45, 2.75) is 65.1 Å². The van der Waals surface area contributed by atoms with E-state index >= 15 is 0 Å². The van der Waals surface area contributed by atoms with Gasteiger partial charge in [0.2, 0.25) is 5.95 Å². The zero-order chi connectivity index (χ0) is 37.1. The largest absolute Gasteiger partial charge is 0.495 e. The van der Waals surface area contributed by atoms with Gasteiger partial charge in [-0.3, -0.25) is 13.9 Å². The number of aromatic nitrogens is 3. The lowest BCUT2D eigenvalue weighted by Gasteiger charge is -2.36. The Morgan fingerprint density at radius 3 is 2.18 bits per heavy atom. The van der Waals surface area contributed by atoms with Crippen LogP contribution in [0, 0.1) is 6.92 Å². The summed E-state index contributed by atoms with van der Waals surface area (Å²) in [6.07, 6.45) is -3.00. The van der Waals surface area contributed by atoms with Gasteiger partial charge in [0.05, 0.1) is 48.8 Å². The Hall–Kier alpha value is -3.78. The van der Waals surface area contributed by atoms with Crippen LogP contribution in [0.3, 0.4) is 0 Å². The van der Waals surface area contributed by atoms with E-state index < -0.39 is 43.5 Å². The van der Waals surface area contributed by atoms with Crippen LogP contribution in [0.15, 0.2) is 53.6 Å². The van der Waals surface area contributed by atoms with Crippen LogP contribution in [-0.4, -0.2) is 44.6 Å². The molecule has 4 N–H and O–H groups in total. The molecule has 2 heterocycles. The van der Waals surface area contributed by atoms with Crippen molar-refractivity contribution in [2.24, 2.45) is 0 Å². The van der Waals surface area contributed by atoms with Gasteiger partial charge in [-0.25, -0.2) is 4.98 Å². The van der Waals surface area contributed by atoms with Crippen molar-refractivity contribution < 1.29 is 45.9 Å². The number of halogens is 3. The highest BCUT2D eigenvalue weighted by Gasteiger charge is 2.46. The lowest BCUT2D eigenvalue weighted by Crippen LogP contribution is -2.34. The van der Waals surface area contributed by atoms with Crippen LogP contribution in [0.4, 0.5) is 36.3 Å². The number of benzene rings is 2. The van der Waals surface area contributed by atoms with Gasteiger partial charge in [0, 0.05) is 18.0 Å². The molecule has 0 atom stereocenters. The number of pyridine rings is 1. The van der Waals surface area contributed by atoms with Gasteiger partial charge in [0.1, 0.15) is 22.4 Å². The number of ether oxygens (including phenoxy) is 1. The smallest absolute Gasteiger partial charge is 0.421 e. The molecule has 0 aliphatic rings. The number of hydrogen-bond acceptors (Lipinski definition) is 10. The van der Waals surface area contributed by atoms with Crippen molar-refractivity contribution in [1.29, 1.82) is 0 Å². The molecule has 4 rings (SSSR count). The average molecular weight is 742 g/mol. The molecule has 2 aromatic carbocycles. The highest BCUT2D eigenvalue weighted by molar-refractivity contribution is 7.53. The van der Waals surface area contributed by atoms with E-state index in [-0.39, 0.29) is 71.8 Å². The van der Waals surface area contributed by atoms with Gasteiger partial charge < -0.3 is 38.8 Å². The number of hydrogen-bond donors (Lipinski definition) is 4. The number of anilines is 4. The normalized spacial score (nSPS) is 12.7. The Bertz CT molecular complexity index is 2000. The first-order valence-corrected chi connectivity index (χ1v) is 19.1. The van der Waals surface area contributed by atoms with Crippen molar-refractivity contribution in [1.82, 2.24) is 14.5 Å². The summed E-state index contributed by atoms with van der Waals surface area (Å²) in [6, 6.07) is 9.06. The minimum Gasteiger partial charge on any atom is -0.495 e. The molecule has 0 radical (unpaired) electrons. The van der Waals surface area contributed by atoms with Gasteiger partial charge in [0.25, 0.3) is 0 Å². The molecule has 0 aliphatic carbocycles. The van der Waals surface area contributed by atoms with Crippen LogP contribution in [-0.2, 0) is 35.8 Å². The first-order chi connectivity index (χ1) is 23.5. The van der Waals surface area contributed by atoms with Crippen LogP contribution in [0.25, 0.3) is 10.9 Å². The molecule has 0 amide bonds. The summed E-state index contributed by atoms with van der Waals surface area (Å²) in [5.41, 5.74) is -0.773. The third kappa shape index (κ3) is 7.91. The quantitative estimate of drug-likeness (QED) is 0.0865. The zero-order valence-corrected chi connectivity index (χ0v) is 30.2. The predicted octanol–water partition coefficient (Wildman–Crippen LogP) is 8.03. The summed E-state index contributed by atoms with van der Waals surface area (Å²) < 4.78 is 86.2. The summed E-state index contributed by atoms with van der Waals surface area (Å²) >= 11 is 0. The van der Waals surface area contributed by atoms with Crippen LogP contribution < -0.4 is 20.8 Å². The molecule has 0 fully saturated rings. The van der Waals surface area contributed by atoms with E-state index in [1.807, 2.05) is 0 Å². The lowest BCUT2D eigenvalue weighted by atomic mass is 10.1. The Balaban J connectivity index is 1.81. The molecule has 18 heteroatoms. The molecular formula is C32H40F3N5O8P2. The number of rotatable bonds is 15. The second-order valence-corrected chi connectivity index (χ2v) is 15.3. The number of nitrogens with one attached hydrogen (secondary N) is 2. The van der Waals surface area contributed by atoms with E-state index in [0.717, 1.165) is 0 Å². The van der Waals surface area contributed by atoms with E-state index in [0.29, 0.717) is 11.8 Å². The van der Waals surface area contributed by atoms with Crippen molar-refractivity contribution in [3.8, 4) is 5.75 Å². The van der Waals surface area contributed by atoms with Crippen LogP contribution in [0.5, 0.6) is 5.75 Å². The SMILES string of the molecule is CCOP(=O)(Cc1ccc(Nc2ncc(C(F)(F)F)c(Nc3cccc4c3c(=O)c(C)cn4C(CC)(CC)P(=O)(O)O)n2)c(OC)c1)OCC. The van der Waals surface area contributed by atoms with Gasteiger partial charge in [-0.05, 0) is 63.4 Å². The number of nitrogens with zero attached hydrogens (tertiary/aromatic N) is 3. The van der Waals surface area contributed by atoms with E-state index in [1.165, 1.54) is 43.0 Å². The van der Waals surface area contributed by atoms with Crippen molar-refractivity contribution in [3.63, 3.8) is 0 Å². The molecule has 0 saturated heterocycles. The zero-order valence-electron chi connectivity index (χ0n) is 28.4. The van der Waals surface area contributed by atoms with E-state index in [4.69, 9.17) is 13.8 Å².